The Balaban J connectivity index is 2.28. The number of carbonyl (C=O) groups excluding carboxylic acids is 2. The van der Waals surface area contributed by atoms with Gasteiger partial charge in [-0.2, -0.15) is 5.26 Å². The Kier molecular flexibility index (Phi) is 6.25. The lowest BCUT2D eigenvalue weighted by molar-refractivity contribution is -0.139. The van der Waals surface area contributed by atoms with Crippen molar-refractivity contribution in [2.75, 3.05) is 12.4 Å². The van der Waals surface area contributed by atoms with Crippen LogP contribution in [0.2, 0.25) is 0 Å². The van der Waals surface area contributed by atoms with Crippen molar-refractivity contribution in [1.29, 1.82) is 5.26 Å². The second-order valence-corrected chi connectivity index (χ2v) is 6.71. The third-order valence-electron chi connectivity index (χ3n) is 3.25. The largest absolute Gasteiger partial charge is 0.465 e. The molecule has 1 heterocycles. The zero-order chi connectivity index (χ0) is 16.8. The summed E-state index contributed by atoms with van der Waals surface area (Å²) in [6, 6.07) is 9.71. The van der Waals surface area contributed by atoms with E-state index in [1.165, 1.54) is 0 Å². The number of rotatable bonds is 5. The van der Waals surface area contributed by atoms with E-state index in [0.717, 1.165) is 21.8 Å². The van der Waals surface area contributed by atoms with Gasteiger partial charge in [-0.25, -0.2) is 0 Å². The van der Waals surface area contributed by atoms with Crippen molar-refractivity contribution in [2.45, 2.75) is 19.3 Å². The highest BCUT2D eigenvalue weighted by molar-refractivity contribution is 9.10. The number of halogens is 1. The molecular weight excluding hydrogens is 380 g/mol. The number of ether oxygens (including phenoxy) is 1. The first-order valence-electron chi connectivity index (χ1n) is 7.03. The van der Waals surface area contributed by atoms with E-state index in [1.54, 1.807) is 6.92 Å². The molecule has 0 unspecified atom stereocenters. The van der Waals surface area contributed by atoms with E-state index in [0.29, 0.717) is 17.2 Å². The highest BCUT2D eigenvalue weighted by atomic mass is 79.9. The molecule has 120 valence electrons. The van der Waals surface area contributed by atoms with Gasteiger partial charge < -0.3 is 10.1 Å². The number of benzene rings is 1. The van der Waals surface area contributed by atoms with Crippen LogP contribution < -0.4 is 5.32 Å². The van der Waals surface area contributed by atoms with Gasteiger partial charge in [-0.05, 0) is 24.6 Å². The average Bonchev–Trinajstić information content (AvgIpc) is 2.52. The maximum absolute atomic E-state index is 12.0. The molecule has 0 bridgehead atoms. The van der Waals surface area contributed by atoms with Crippen LogP contribution in [-0.2, 0) is 14.3 Å². The van der Waals surface area contributed by atoms with E-state index < -0.39 is 0 Å². The Bertz CT molecular complexity index is 697. The minimum atomic E-state index is -0.374. The number of nitriles is 1. The fraction of sp³-hybridized carbons (Fsp3) is 0.312. The number of allylic oxidation sites excluding steroid dienone is 1. The van der Waals surface area contributed by atoms with Gasteiger partial charge in [0.25, 0.3) is 0 Å². The number of nitrogens with one attached hydrogen (secondary N) is 1. The van der Waals surface area contributed by atoms with Gasteiger partial charge in [0.1, 0.15) is 0 Å². The zero-order valence-corrected chi connectivity index (χ0v) is 14.9. The van der Waals surface area contributed by atoms with E-state index in [2.05, 4.69) is 27.3 Å². The van der Waals surface area contributed by atoms with Crippen LogP contribution in [-0.4, -0.2) is 24.2 Å². The van der Waals surface area contributed by atoms with Gasteiger partial charge in [-0.3, -0.25) is 9.59 Å². The Morgan fingerprint density at radius 1 is 1.57 bits per heavy atom. The van der Waals surface area contributed by atoms with Crippen LogP contribution in [0.25, 0.3) is 0 Å². The average molecular weight is 395 g/mol. The molecule has 0 fully saturated rings. The molecule has 1 aromatic carbocycles. The Morgan fingerprint density at radius 2 is 2.35 bits per heavy atom. The molecule has 0 saturated heterocycles. The van der Waals surface area contributed by atoms with Crippen molar-refractivity contribution in [3.8, 4) is 6.07 Å². The number of thioether (sulfide) groups is 1. The lowest BCUT2D eigenvalue weighted by Crippen LogP contribution is -2.31. The molecule has 0 spiro atoms. The van der Waals surface area contributed by atoms with Crippen molar-refractivity contribution >= 4 is 39.6 Å². The predicted octanol–water partition coefficient (Wildman–Crippen LogP) is 3.08. The molecule has 0 aliphatic carbocycles. The molecule has 23 heavy (non-hydrogen) atoms. The fourth-order valence-corrected chi connectivity index (χ4v) is 3.57. The summed E-state index contributed by atoms with van der Waals surface area (Å²) >= 11 is 4.53. The number of hydrogen-bond donors (Lipinski definition) is 1. The van der Waals surface area contributed by atoms with Crippen molar-refractivity contribution in [2.24, 2.45) is 0 Å². The van der Waals surface area contributed by atoms with Gasteiger partial charge in [-0.15, -0.1) is 0 Å². The van der Waals surface area contributed by atoms with Crippen molar-refractivity contribution < 1.29 is 14.3 Å². The Morgan fingerprint density at radius 3 is 3.00 bits per heavy atom. The first-order chi connectivity index (χ1) is 11.0. The second kappa shape index (κ2) is 8.18. The summed E-state index contributed by atoms with van der Waals surface area (Å²) in [7, 11) is 0. The summed E-state index contributed by atoms with van der Waals surface area (Å²) in [5.41, 5.74) is 1.36. The smallest absolute Gasteiger partial charge is 0.316 e. The SMILES string of the molecule is CCOC(=O)CSC1=C(C#N)[C@@H](c2cccc(Br)c2)CC(=O)N1. The summed E-state index contributed by atoms with van der Waals surface area (Å²) in [4.78, 5) is 23.5. The van der Waals surface area contributed by atoms with E-state index >= 15 is 0 Å². The number of amides is 1. The Labute approximate surface area is 147 Å². The molecule has 1 N–H and O–H groups in total. The zero-order valence-electron chi connectivity index (χ0n) is 12.5. The molecular formula is C16H15BrN2O3S. The maximum atomic E-state index is 12.0. The van der Waals surface area contributed by atoms with Crippen LogP contribution >= 0.6 is 27.7 Å². The highest BCUT2D eigenvalue weighted by Crippen LogP contribution is 2.36. The molecule has 7 heteroatoms. The van der Waals surface area contributed by atoms with Crippen molar-refractivity contribution in [1.82, 2.24) is 5.32 Å². The highest BCUT2D eigenvalue weighted by Gasteiger charge is 2.30. The first kappa shape index (κ1) is 17.6. The molecule has 5 nitrogen and oxygen atoms in total. The number of hydrogen-bond acceptors (Lipinski definition) is 5. The number of nitrogens with zero attached hydrogens (tertiary/aromatic N) is 1. The third-order valence-corrected chi connectivity index (χ3v) is 4.73. The normalized spacial score (nSPS) is 17.4. The van der Waals surface area contributed by atoms with Crippen LogP contribution in [0.3, 0.4) is 0 Å². The van der Waals surface area contributed by atoms with Crippen LogP contribution in [0.5, 0.6) is 0 Å². The van der Waals surface area contributed by atoms with Gasteiger partial charge in [-0.1, -0.05) is 39.8 Å². The van der Waals surface area contributed by atoms with E-state index in [4.69, 9.17) is 4.74 Å². The number of carbonyl (C=O) groups is 2. The molecule has 2 rings (SSSR count). The van der Waals surface area contributed by atoms with Gasteiger partial charge in [0, 0.05) is 16.8 Å². The third kappa shape index (κ3) is 4.60. The van der Waals surface area contributed by atoms with Crippen molar-refractivity contribution in [3.63, 3.8) is 0 Å². The lowest BCUT2D eigenvalue weighted by Gasteiger charge is -2.25. The molecule has 0 saturated carbocycles. The Hall–Kier alpha value is -1.78. The van der Waals surface area contributed by atoms with Crippen molar-refractivity contribution in [3.05, 3.63) is 44.9 Å². The predicted molar refractivity (Wildman–Crippen MR) is 91.4 cm³/mol. The van der Waals surface area contributed by atoms with Crippen LogP contribution in [0.4, 0.5) is 0 Å². The van der Waals surface area contributed by atoms with E-state index in [-0.39, 0.29) is 30.0 Å². The molecule has 1 aliphatic heterocycles. The quantitative estimate of drug-likeness (QED) is 0.776. The topological polar surface area (TPSA) is 79.2 Å². The monoisotopic (exact) mass is 394 g/mol. The summed E-state index contributed by atoms with van der Waals surface area (Å²) in [5, 5.41) is 12.6. The fourth-order valence-electron chi connectivity index (χ4n) is 2.27. The minimum Gasteiger partial charge on any atom is -0.465 e. The summed E-state index contributed by atoms with van der Waals surface area (Å²) in [6.45, 7) is 2.03. The van der Waals surface area contributed by atoms with Crippen LogP contribution in [0.1, 0.15) is 24.8 Å². The molecule has 1 aliphatic rings. The molecule has 1 atom stereocenters. The van der Waals surface area contributed by atoms with Gasteiger partial charge in [0.15, 0.2) is 0 Å². The summed E-state index contributed by atoms with van der Waals surface area (Å²) in [6.07, 6.45) is 0.211. The minimum absolute atomic E-state index is 0.0554. The van der Waals surface area contributed by atoms with E-state index in [9.17, 15) is 14.9 Å². The first-order valence-corrected chi connectivity index (χ1v) is 8.81. The summed E-state index contributed by atoms with van der Waals surface area (Å²) in [5.74, 6) is -0.794. The number of esters is 1. The molecule has 1 aromatic rings. The van der Waals surface area contributed by atoms with Gasteiger partial charge in [0.2, 0.25) is 5.91 Å². The summed E-state index contributed by atoms with van der Waals surface area (Å²) < 4.78 is 5.76. The maximum Gasteiger partial charge on any atom is 0.316 e. The van der Waals surface area contributed by atoms with Crippen LogP contribution in [0.15, 0.2) is 39.3 Å². The molecule has 0 aromatic heterocycles. The van der Waals surface area contributed by atoms with Gasteiger partial charge >= 0.3 is 5.97 Å². The molecule has 0 radical (unpaired) electrons. The van der Waals surface area contributed by atoms with E-state index in [1.807, 2.05) is 24.3 Å². The second-order valence-electron chi connectivity index (χ2n) is 4.81. The van der Waals surface area contributed by atoms with Crippen LogP contribution in [0, 0.1) is 11.3 Å². The van der Waals surface area contributed by atoms with Gasteiger partial charge in [0.05, 0.1) is 29.0 Å². The molecule has 1 amide bonds. The lowest BCUT2D eigenvalue weighted by atomic mass is 9.87. The standard InChI is InChI=1S/C16H15BrN2O3S/c1-2-22-15(21)9-23-16-13(8-18)12(7-14(20)19-16)10-4-3-5-11(17)6-10/h3-6,12H,2,7,9H2,1H3,(H,19,20)/t12-/m1/s1.